The largest absolute Gasteiger partial charge is 0.457 e. The topological polar surface area (TPSA) is 69.6 Å². The number of benzene rings is 5. The third kappa shape index (κ3) is 4.84. The second-order valence-electron chi connectivity index (χ2n) is 14.5. The Morgan fingerprint density at radius 3 is 1.89 bits per heavy atom. The van der Waals surface area contributed by atoms with Gasteiger partial charge >= 0.3 is 0 Å². The van der Waals surface area contributed by atoms with Crippen LogP contribution in [0, 0.1) is 20.8 Å². The molecule has 0 fully saturated rings. The van der Waals surface area contributed by atoms with E-state index in [1.807, 2.05) is 55.0 Å². The summed E-state index contributed by atoms with van der Waals surface area (Å²) in [6.07, 6.45) is 5.68. The summed E-state index contributed by atoms with van der Waals surface area (Å²) in [5.41, 5.74) is 14.4. The molecule has 56 heavy (non-hydrogen) atoms. The van der Waals surface area contributed by atoms with Crippen molar-refractivity contribution < 1.29 is 4.74 Å². The smallest absolute Gasteiger partial charge is 0.146 e. The summed E-state index contributed by atoms with van der Waals surface area (Å²) < 4.78 is 11.2. The molecule has 0 bridgehead atoms. The Morgan fingerprint density at radius 1 is 0.500 bits per heavy atom. The number of hydrogen-bond donors (Lipinski definition) is 0. The SMILES string of the molecule is Cc1cc(C)c(-c2cnc3c4cc(Oc5ccc6c(c5)c5nc(-c7ccccc7)c(-c7ccccc7)n5c5cccnc65)ccc4c4cccnc4n23)c(C)c1. The quantitative estimate of drug-likeness (QED) is 0.165. The summed E-state index contributed by atoms with van der Waals surface area (Å²) in [6.45, 7) is 6.48. The van der Waals surface area contributed by atoms with Crippen LogP contribution in [0.2, 0.25) is 0 Å². The van der Waals surface area contributed by atoms with Gasteiger partial charge in [-0.1, -0.05) is 78.4 Å². The molecule has 0 aliphatic rings. The van der Waals surface area contributed by atoms with Crippen LogP contribution in [0.25, 0.3) is 88.7 Å². The van der Waals surface area contributed by atoms with Crippen molar-refractivity contribution in [2.45, 2.75) is 20.8 Å². The van der Waals surface area contributed by atoms with E-state index < -0.39 is 0 Å². The van der Waals surface area contributed by atoms with Gasteiger partial charge in [0.05, 0.1) is 34.3 Å². The van der Waals surface area contributed by atoms with Crippen LogP contribution >= 0.6 is 0 Å². The highest BCUT2D eigenvalue weighted by Crippen LogP contribution is 2.41. The van der Waals surface area contributed by atoms with Crippen molar-refractivity contribution in [1.29, 1.82) is 0 Å². The minimum Gasteiger partial charge on any atom is -0.457 e. The van der Waals surface area contributed by atoms with E-state index in [1.54, 1.807) is 0 Å². The predicted molar refractivity (Wildman–Crippen MR) is 227 cm³/mol. The van der Waals surface area contributed by atoms with E-state index in [4.69, 9.17) is 24.7 Å². The molecule has 0 radical (unpaired) electrons. The van der Waals surface area contributed by atoms with Crippen LogP contribution in [-0.4, -0.2) is 28.7 Å². The Labute approximate surface area is 322 Å². The number of pyridine rings is 4. The Balaban J connectivity index is 1.11. The lowest BCUT2D eigenvalue weighted by molar-refractivity contribution is 0.484. The van der Waals surface area contributed by atoms with Crippen molar-refractivity contribution in [3.63, 3.8) is 0 Å². The first kappa shape index (κ1) is 32.1. The number of rotatable bonds is 5. The highest BCUT2D eigenvalue weighted by Gasteiger charge is 2.22. The molecular formula is C49H34N6O. The van der Waals surface area contributed by atoms with Gasteiger partial charge in [-0.05, 0) is 97.9 Å². The number of hydrogen-bond acceptors (Lipinski definition) is 5. The minimum absolute atomic E-state index is 0.702. The van der Waals surface area contributed by atoms with Crippen LogP contribution < -0.4 is 4.74 Å². The van der Waals surface area contributed by atoms with E-state index in [2.05, 4.69) is 127 Å². The van der Waals surface area contributed by atoms with Gasteiger partial charge in [0.2, 0.25) is 0 Å². The number of aryl methyl sites for hydroxylation is 3. The predicted octanol–water partition coefficient (Wildman–Crippen LogP) is 12.1. The van der Waals surface area contributed by atoms with Crippen molar-refractivity contribution in [3.8, 4) is 45.3 Å². The van der Waals surface area contributed by atoms with Gasteiger partial charge in [0, 0.05) is 50.6 Å². The molecule has 0 spiro atoms. The number of ether oxygens (including phenoxy) is 1. The molecule has 0 N–H and O–H groups in total. The fourth-order valence-electron chi connectivity index (χ4n) is 8.70. The first-order chi connectivity index (χ1) is 27.5. The molecule has 0 saturated heterocycles. The molecule has 0 aliphatic heterocycles. The molecule has 266 valence electrons. The van der Waals surface area contributed by atoms with Gasteiger partial charge < -0.3 is 4.74 Å². The average Bonchev–Trinajstić information content (AvgIpc) is 3.85. The molecule has 7 nitrogen and oxygen atoms in total. The first-order valence-electron chi connectivity index (χ1n) is 18.8. The fourth-order valence-corrected chi connectivity index (χ4v) is 8.70. The third-order valence-electron chi connectivity index (χ3n) is 10.9. The molecule has 6 heterocycles. The van der Waals surface area contributed by atoms with Crippen molar-refractivity contribution >= 4 is 54.9 Å². The molecule has 0 saturated carbocycles. The second kappa shape index (κ2) is 12.3. The lowest BCUT2D eigenvalue weighted by atomic mass is 9.97. The number of fused-ring (bicyclic) bond motifs is 12. The Bertz CT molecular complexity index is 3340. The van der Waals surface area contributed by atoms with Crippen molar-refractivity contribution in [3.05, 3.63) is 169 Å². The Kier molecular flexibility index (Phi) is 7.06. The van der Waals surface area contributed by atoms with E-state index in [1.165, 1.54) is 22.3 Å². The van der Waals surface area contributed by atoms with Gasteiger partial charge in [0.15, 0.2) is 0 Å². The lowest BCUT2D eigenvalue weighted by Crippen LogP contribution is -1.99. The lowest BCUT2D eigenvalue weighted by Gasteiger charge is -2.15. The molecule has 6 aromatic heterocycles. The Morgan fingerprint density at radius 2 is 1.14 bits per heavy atom. The maximum absolute atomic E-state index is 6.76. The first-order valence-corrected chi connectivity index (χ1v) is 18.8. The molecule has 0 amide bonds. The fraction of sp³-hybridized carbons (Fsp3) is 0.0612. The maximum atomic E-state index is 6.76. The van der Waals surface area contributed by atoms with Gasteiger partial charge in [0.1, 0.15) is 28.4 Å². The zero-order valence-electron chi connectivity index (χ0n) is 31.0. The zero-order chi connectivity index (χ0) is 37.5. The van der Waals surface area contributed by atoms with E-state index >= 15 is 0 Å². The number of imidazole rings is 2. The molecular weight excluding hydrogens is 689 g/mol. The summed E-state index contributed by atoms with van der Waals surface area (Å²) >= 11 is 0. The normalized spacial score (nSPS) is 11.8. The highest BCUT2D eigenvalue weighted by molar-refractivity contribution is 6.13. The third-order valence-corrected chi connectivity index (χ3v) is 10.9. The van der Waals surface area contributed by atoms with Crippen LogP contribution in [0.5, 0.6) is 11.5 Å². The van der Waals surface area contributed by atoms with E-state index in [9.17, 15) is 0 Å². The zero-order valence-corrected chi connectivity index (χ0v) is 31.0. The van der Waals surface area contributed by atoms with Crippen molar-refractivity contribution in [1.82, 2.24) is 28.7 Å². The van der Waals surface area contributed by atoms with Crippen LogP contribution in [-0.2, 0) is 0 Å². The van der Waals surface area contributed by atoms with Crippen molar-refractivity contribution in [2.75, 3.05) is 0 Å². The van der Waals surface area contributed by atoms with Crippen LogP contribution in [0.4, 0.5) is 0 Å². The Hall–Kier alpha value is -7.38. The molecule has 5 aromatic carbocycles. The van der Waals surface area contributed by atoms with E-state index in [0.29, 0.717) is 11.5 Å². The van der Waals surface area contributed by atoms with Gasteiger partial charge in [-0.2, -0.15) is 0 Å². The highest BCUT2D eigenvalue weighted by atomic mass is 16.5. The summed E-state index contributed by atoms with van der Waals surface area (Å²) in [4.78, 5) is 20.2. The number of nitrogens with zero attached hydrogens (tertiary/aromatic N) is 6. The summed E-state index contributed by atoms with van der Waals surface area (Å²) in [6, 6.07) is 46.0. The number of aromatic nitrogens is 6. The summed E-state index contributed by atoms with van der Waals surface area (Å²) in [7, 11) is 0. The van der Waals surface area contributed by atoms with Crippen LogP contribution in [0.1, 0.15) is 16.7 Å². The van der Waals surface area contributed by atoms with Gasteiger partial charge in [-0.3, -0.25) is 13.8 Å². The average molecular weight is 723 g/mol. The maximum Gasteiger partial charge on any atom is 0.146 e. The van der Waals surface area contributed by atoms with E-state index in [0.717, 1.165) is 83.1 Å². The second-order valence-corrected chi connectivity index (χ2v) is 14.5. The van der Waals surface area contributed by atoms with Gasteiger partial charge in [-0.25, -0.2) is 15.0 Å². The standard InChI is InChI=1S/C49H34N6O/c1-29-24-30(2)43(31(3)25-29)42-28-52-48-39-26-34(18-20-36(39)38-16-10-23-51-47(38)55(42)48)56-35-19-21-37-40(27-35)49-53-44(32-12-6-4-7-13-32)46(33-14-8-5-9-15-33)54(49)41-17-11-22-50-45(37)41/h4-28H,1-3H3. The molecule has 0 atom stereocenters. The summed E-state index contributed by atoms with van der Waals surface area (Å²) in [5, 5.41) is 5.08. The van der Waals surface area contributed by atoms with Crippen molar-refractivity contribution in [2.24, 2.45) is 0 Å². The monoisotopic (exact) mass is 722 g/mol. The van der Waals surface area contributed by atoms with Gasteiger partial charge in [0.25, 0.3) is 0 Å². The van der Waals surface area contributed by atoms with E-state index in [-0.39, 0.29) is 0 Å². The molecule has 11 rings (SSSR count). The molecule has 11 aromatic rings. The van der Waals surface area contributed by atoms with Crippen LogP contribution in [0.15, 0.2) is 152 Å². The minimum atomic E-state index is 0.702. The molecule has 0 aliphatic carbocycles. The molecule has 7 heteroatoms. The van der Waals surface area contributed by atoms with Crippen LogP contribution in [0.3, 0.4) is 0 Å². The van der Waals surface area contributed by atoms with Gasteiger partial charge in [-0.15, -0.1) is 0 Å². The molecule has 0 unspecified atom stereocenters. The summed E-state index contributed by atoms with van der Waals surface area (Å²) in [5.74, 6) is 1.41.